The zero-order valence-electron chi connectivity index (χ0n) is 44.4. The van der Waals surface area contributed by atoms with Crippen LogP contribution in [0.25, 0.3) is 0 Å². The number of rotatable bonds is 11. The summed E-state index contributed by atoms with van der Waals surface area (Å²) in [6.45, 7) is 13.7. The molecule has 5 aliphatic carbocycles. The van der Waals surface area contributed by atoms with Crippen LogP contribution < -0.4 is 0 Å². The lowest BCUT2D eigenvalue weighted by Gasteiger charge is -2.71. The van der Waals surface area contributed by atoms with Gasteiger partial charge in [0.15, 0.2) is 25.0 Å². The molecule has 27 atom stereocenters. The van der Waals surface area contributed by atoms with Crippen LogP contribution >= 0.6 is 0 Å². The quantitative estimate of drug-likeness (QED) is 0.0649. The Bertz CT molecular complexity index is 2140. The van der Waals surface area contributed by atoms with Gasteiger partial charge in [-0.1, -0.05) is 60.1 Å². The van der Waals surface area contributed by atoms with Gasteiger partial charge in [0.25, 0.3) is 0 Å². The molecule has 4 aliphatic heterocycles. The monoisotopic (exact) mass is 1090 g/mol. The lowest BCUT2D eigenvalue weighted by atomic mass is 9.33. The van der Waals surface area contributed by atoms with Gasteiger partial charge in [0.1, 0.15) is 85.5 Å². The van der Waals surface area contributed by atoms with E-state index in [0.717, 1.165) is 19.3 Å². The van der Waals surface area contributed by atoms with Crippen molar-refractivity contribution in [1.29, 1.82) is 0 Å². The fourth-order valence-corrected chi connectivity index (χ4v) is 16.2. The molecule has 0 bridgehead atoms. The summed E-state index contributed by atoms with van der Waals surface area (Å²) < 4.78 is 48.1. The van der Waals surface area contributed by atoms with Crippen LogP contribution in [0.2, 0.25) is 0 Å². The fourth-order valence-electron chi connectivity index (χ4n) is 16.2. The Hall–Kier alpha value is -2.08. The summed E-state index contributed by atoms with van der Waals surface area (Å²) in [5.74, 6) is -2.22. The number of carbonyl (C=O) groups excluding carboxylic acids is 1. The van der Waals surface area contributed by atoms with Gasteiger partial charge in [-0.2, -0.15) is 0 Å². The topological polar surface area (TPSA) is 371 Å². The van der Waals surface area contributed by atoms with Gasteiger partial charge in [0.05, 0.1) is 31.3 Å². The van der Waals surface area contributed by atoms with Crippen LogP contribution in [-0.4, -0.2) is 221 Å². The number of carbonyl (C=O) groups is 2. The third kappa shape index (κ3) is 9.42. The molecule has 76 heavy (non-hydrogen) atoms. The summed E-state index contributed by atoms with van der Waals surface area (Å²) in [6, 6.07) is 0. The number of aliphatic hydroxyl groups excluding tert-OH is 12. The average Bonchev–Trinajstić information content (AvgIpc) is 3.53. The summed E-state index contributed by atoms with van der Waals surface area (Å²) in [4.78, 5) is 27.6. The second kappa shape index (κ2) is 21.0. The highest BCUT2D eigenvalue weighted by Gasteiger charge is 2.70. The molecule has 0 aromatic heterocycles. The summed E-state index contributed by atoms with van der Waals surface area (Å²) >= 11 is 0. The molecule has 0 aromatic carbocycles. The van der Waals surface area contributed by atoms with Crippen molar-refractivity contribution in [1.82, 2.24) is 0 Å². The largest absolute Gasteiger partial charge is 0.479 e. The number of fused-ring (bicyclic) bond motifs is 7. The van der Waals surface area contributed by atoms with E-state index in [4.69, 9.17) is 37.9 Å². The molecule has 23 nitrogen and oxygen atoms in total. The highest BCUT2D eigenvalue weighted by molar-refractivity contribution is 5.79. The lowest BCUT2D eigenvalue weighted by molar-refractivity contribution is -0.391. The third-order valence-electron chi connectivity index (χ3n) is 21.0. The molecule has 0 radical (unpaired) electrons. The molecule has 4 saturated carbocycles. The van der Waals surface area contributed by atoms with Crippen molar-refractivity contribution < 1.29 is 114 Å². The predicted octanol–water partition coefficient (Wildman–Crippen LogP) is -1.30. The molecule has 0 spiro atoms. The van der Waals surface area contributed by atoms with Crippen LogP contribution in [0, 0.1) is 50.2 Å². The number of carboxylic acids is 1. The number of carboxylic acid groups (broad SMARTS) is 1. The van der Waals surface area contributed by atoms with E-state index < -0.39 is 165 Å². The van der Waals surface area contributed by atoms with E-state index in [2.05, 4.69) is 54.5 Å². The van der Waals surface area contributed by atoms with Crippen molar-refractivity contribution in [2.45, 2.75) is 235 Å². The number of hydrogen-bond acceptors (Lipinski definition) is 22. The minimum Gasteiger partial charge on any atom is -0.479 e. The van der Waals surface area contributed by atoms with Gasteiger partial charge in [0.2, 0.25) is 6.29 Å². The van der Waals surface area contributed by atoms with Gasteiger partial charge in [0, 0.05) is 0 Å². The molecule has 9 aliphatic rings. The molecule has 9 rings (SSSR count). The normalized spacial score (nSPS) is 52.9. The van der Waals surface area contributed by atoms with Gasteiger partial charge in [-0.25, -0.2) is 4.79 Å². The lowest BCUT2D eigenvalue weighted by Crippen LogP contribution is -2.68. The Labute approximate surface area is 442 Å². The van der Waals surface area contributed by atoms with Crippen LogP contribution in [0.4, 0.5) is 0 Å². The van der Waals surface area contributed by atoms with Crippen molar-refractivity contribution in [3.8, 4) is 0 Å². The first kappa shape index (κ1) is 58.6. The van der Waals surface area contributed by atoms with Crippen LogP contribution in [0.3, 0.4) is 0 Å². The number of esters is 1. The zero-order chi connectivity index (χ0) is 55.6. The maximum absolute atomic E-state index is 14.8. The van der Waals surface area contributed by atoms with E-state index in [1.807, 2.05) is 0 Å². The molecule has 8 fully saturated rings. The first-order chi connectivity index (χ1) is 35.5. The van der Waals surface area contributed by atoms with Gasteiger partial charge >= 0.3 is 11.9 Å². The zero-order valence-corrected chi connectivity index (χ0v) is 44.4. The molecule has 13 N–H and O–H groups in total. The first-order valence-corrected chi connectivity index (χ1v) is 27.2. The van der Waals surface area contributed by atoms with Gasteiger partial charge < -0.3 is 104 Å². The number of hydrogen-bond donors (Lipinski definition) is 13. The second-order valence-corrected chi connectivity index (χ2v) is 25.9. The van der Waals surface area contributed by atoms with Gasteiger partial charge in [-0.15, -0.1) is 0 Å². The molecule has 0 aromatic rings. The van der Waals surface area contributed by atoms with E-state index in [9.17, 15) is 76.0 Å². The molecule has 27 unspecified atom stereocenters. The predicted molar refractivity (Wildman–Crippen MR) is 257 cm³/mol. The third-order valence-corrected chi connectivity index (χ3v) is 21.0. The number of aliphatic carboxylic acids is 1. The Morgan fingerprint density at radius 3 is 1.83 bits per heavy atom. The van der Waals surface area contributed by atoms with Gasteiger partial charge in [-0.05, 0) is 109 Å². The maximum atomic E-state index is 14.8. The van der Waals surface area contributed by atoms with Crippen molar-refractivity contribution in [2.75, 3.05) is 19.8 Å². The average molecular weight is 1090 g/mol. The highest BCUT2D eigenvalue weighted by atomic mass is 16.8. The summed E-state index contributed by atoms with van der Waals surface area (Å²) in [5, 5.41) is 138. The van der Waals surface area contributed by atoms with Gasteiger partial charge in [-0.3, -0.25) is 4.79 Å². The molecule has 434 valence electrons. The Morgan fingerprint density at radius 2 is 1.20 bits per heavy atom. The molecule has 23 heteroatoms. The maximum Gasteiger partial charge on any atom is 0.335 e. The van der Waals surface area contributed by atoms with Crippen molar-refractivity contribution in [3.63, 3.8) is 0 Å². The van der Waals surface area contributed by atoms with Crippen LogP contribution in [-0.2, 0) is 47.5 Å². The molecule has 4 saturated heterocycles. The van der Waals surface area contributed by atoms with E-state index in [0.29, 0.717) is 44.9 Å². The first-order valence-electron chi connectivity index (χ1n) is 27.2. The summed E-state index contributed by atoms with van der Waals surface area (Å²) in [6.07, 6.45) is -25.0. The van der Waals surface area contributed by atoms with Crippen LogP contribution in [0.5, 0.6) is 0 Å². The number of allylic oxidation sites excluding steroid dienone is 2. The fraction of sp³-hybridized carbons (Fsp3) is 0.925. The highest BCUT2D eigenvalue weighted by Crippen LogP contribution is 2.76. The standard InChI is InChI=1S/C53H84O23/c1-48(2)14-16-53(47(68)76-45-37(64)34(61)32(59)26(20-55)71-45)17-15-51(6)22(23(53)18-48)8-9-28-50(5)12-11-29(49(3,4)27(50)10-13-52(28,51)7)72-46-41(75-43-35(62)30(57)24(56)21-69-43)39(38(65)40(74-46)42(66)67)73-44-36(63)33(60)31(58)25(19-54)70-44/h8,23-41,43-46,54-65H,9-21H2,1-7H3,(H,66,67). The number of aliphatic hydroxyl groups is 12. The van der Waals surface area contributed by atoms with Crippen molar-refractivity contribution in [2.24, 2.45) is 50.2 Å². The molecule has 0 amide bonds. The molecular weight excluding hydrogens is 1000 g/mol. The molecular formula is C53H84O23. The van der Waals surface area contributed by atoms with E-state index in [1.54, 1.807) is 0 Å². The second-order valence-electron chi connectivity index (χ2n) is 25.9. The Kier molecular flexibility index (Phi) is 16.2. The smallest absolute Gasteiger partial charge is 0.335 e. The summed E-state index contributed by atoms with van der Waals surface area (Å²) in [7, 11) is 0. The SMILES string of the molecule is CC1(C)CCC2(C(=O)OC3OC(CO)C(O)C(O)C3O)CCC3(C)C(=CCC4C5(C)CCC(OC6OC(C(=O)O)C(O)C(OC7OC(CO)C(O)C(O)C7O)C6OC6OCC(O)C(O)C6O)C(C)(C)C5CCC43C)C2C1. The minimum absolute atomic E-state index is 0.00491. The summed E-state index contributed by atoms with van der Waals surface area (Å²) in [5.41, 5.74) is -1.43. The van der Waals surface area contributed by atoms with E-state index in [-0.39, 0.29) is 39.4 Å². The van der Waals surface area contributed by atoms with E-state index >= 15 is 0 Å². The molecule has 4 heterocycles. The Balaban J connectivity index is 0.996. The van der Waals surface area contributed by atoms with E-state index in [1.165, 1.54) is 5.57 Å². The number of ether oxygens (including phenoxy) is 8. The van der Waals surface area contributed by atoms with Crippen LogP contribution in [0.1, 0.15) is 113 Å². The van der Waals surface area contributed by atoms with Crippen LogP contribution in [0.15, 0.2) is 11.6 Å². The van der Waals surface area contributed by atoms with Crippen molar-refractivity contribution >= 4 is 11.9 Å². The van der Waals surface area contributed by atoms with Crippen molar-refractivity contribution in [3.05, 3.63) is 11.6 Å². The Morgan fingerprint density at radius 1 is 0.605 bits per heavy atom. The minimum atomic E-state index is -2.10.